The van der Waals surface area contributed by atoms with E-state index < -0.39 is 0 Å². The highest BCUT2D eigenvalue weighted by Gasteiger charge is 2.05. The Hall–Kier alpha value is -2.24. The molecule has 0 atom stereocenters. The lowest BCUT2D eigenvalue weighted by atomic mass is 10.1. The number of aliphatic hydroxyl groups excluding tert-OH is 1. The molecule has 3 rings (SSSR count). The van der Waals surface area contributed by atoms with E-state index in [0.29, 0.717) is 6.42 Å². The molecular formula is C16H14N2O2S. The average molecular weight is 298 g/mol. The van der Waals surface area contributed by atoms with Gasteiger partial charge >= 0.3 is 0 Å². The number of anilines is 1. The van der Waals surface area contributed by atoms with E-state index in [1.54, 1.807) is 0 Å². The van der Waals surface area contributed by atoms with Crippen LogP contribution in [0.4, 0.5) is 5.69 Å². The number of nitrogens with zero attached hydrogens (tertiary/aromatic N) is 1. The largest absolute Gasteiger partial charge is 0.392 e. The lowest BCUT2D eigenvalue weighted by Gasteiger charge is -2.06. The molecule has 4 nitrogen and oxygen atoms in total. The van der Waals surface area contributed by atoms with Gasteiger partial charge in [0.2, 0.25) is 5.91 Å². The fourth-order valence-corrected chi connectivity index (χ4v) is 2.78. The zero-order valence-corrected chi connectivity index (χ0v) is 12.1. The second-order valence-electron chi connectivity index (χ2n) is 4.78. The smallest absolute Gasteiger partial charge is 0.228 e. The maximum absolute atomic E-state index is 12.0. The maximum atomic E-state index is 12.0. The van der Waals surface area contributed by atoms with Gasteiger partial charge in [0.05, 0.1) is 17.7 Å². The van der Waals surface area contributed by atoms with Gasteiger partial charge in [-0.25, -0.2) is 0 Å². The van der Waals surface area contributed by atoms with Crippen LogP contribution in [0.25, 0.3) is 10.1 Å². The Bertz CT molecular complexity index is 765. The Morgan fingerprint density at radius 1 is 1.14 bits per heavy atom. The molecule has 0 bridgehead atoms. The van der Waals surface area contributed by atoms with Gasteiger partial charge in [0.15, 0.2) is 0 Å². The Morgan fingerprint density at radius 3 is 2.67 bits per heavy atom. The summed E-state index contributed by atoms with van der Waals surface area (Å²) >= 11 is 1.41. The molecule has 106 valence electrons. The van der Waals surface area contributed by atoms with Crippen LogP contribution in [0.5, 0.6) is 0 Å². The number of hydrogen-bond acceptors (Lipinski definition) is 4. The van der Waals surface area contributed by atoms with E-state index in [1.165, 1.54) is 11.5 Å². The van der Waals surface area contributed by atoms with Gasteiger partial charge in [-0.3, -0.25) is 4.79 Å². The van der Waals surface area contributed by atoms with Gasteiger partial charge in [0.25, 0.3) is 0 Å². The molecule has 5 heteroatoms. The lowest BCUT2D eigenvalue weighted by molar-refractivity contribution is -0.115. The second kappa shape index (κ2) is 6.03. The van der Waals surface area contributed by atoms with E-state index in [-0.39, 0.29) is 12.5 Å². The molecule has 0 saturated carbocycles. The molecule has 3 aromatic rings. The lowest BCUT2D eigenvalue weighted by Crippen LogP contribution is -2.14. The SMILES string of the molecule is O=C(Cc1ccc(CO)cc1)Nc1ccc2cnsc2c1. The van der Waals surface area contributed by atoms with Crippen molar-refractivity contribution in [1.82, 2.24) is 4.37 Å². The third-order valence-corrected chi connectivity index (χ3v) is 3.97. The molecule has 21 heavy (non-hydrogen) atoms. The first-order valence-corrected chi connectivity index (χ1v) is 7.35. The molecule has 0 aliphatic rings. The topological polar surface area (TPSA) is 62.2 Å². The highest BCUT2D eigenvalue weighted by Crippen LogP contribution is 2.22. The summed E-state index contributed by atoms with van der Waals surface area (Å²) in [6.07, 6.45) is 2.13. The first-order chi connectivity index (χ1) is 10.2. The quantitative estimate of drug-likeness (QED) is 0.778. The molecule has 0 fully saturated rings. The molecule has 1 amide bonds. The van der Waals surface area contributed by atoms with Crippen molar-refractivity contribution < 1.29 is 9.90 Å². The average Bonchev–Trinajstić information content (AvgIpc) is 2.95. The maximum Gasteiger partial charge on any atom is 0.228 e. The van der Waals surface area contributed by atoms with Gasteiger partial charge in [-0.05, 0) is 40.9 Å². The minimum atomic E-state index is -0.0596. The van der Waals surface area contributed by atoms with Gasteiger partial charge in [-0.1, -0.05) is 24.3 Å². The van der Waals surface area contributed by atoms with Gasteiger partial charge in [0.1, 0.15) is 0 Å². The first-order valence-electron chi connectivity index (χ1n) is 6.57. The highest BCUT2D eigenvalue weighted by atomic mass is 32.1. The summed E-state index contributed by atoms with van der Waals surface area (Å²) in [7, 11) is 0. The number of aromatic nitrogens is 1. The predicted molar refractivity (Wildman–Crippen MR) is 84.3 cm³/mol. The normalized spacial score (nSPS) is 10.7. The fourth-order valence-electron chi connectivity index (χ4n) is 2.09. The van der Waals surface area contributed by atoms with Gasteiger partial charge in [0, 0.05) is 17.3 Å². The zero-order valence-electron chi connectivity index (χ0n) is 11.2. The highest BCUT2D eigenvalue weighted by molar-refractivity contribution is 7.13. The zero-order chi connectivity index (χ0) is 14.7. The van der Waals surface area contributed by atoms with Crippen LogP contribution >= 0.6 is 11.5 Å². The van der Waals surface area contributed by atoms with Crippen LogP contribution in [0.2, 0.25) is 0 Å². The van der Waals surface area contributed by atoms with Crippen LogP contribution in [0.15, 0.2) is 48.7 Å². The molecule has 0 saturated heterocycles. The van der Waals surface area contributed by atoms with Gasteiger partial charge in [-0.2, -0.15) is 4.37 Å². The van der Waals surface area contributed by atoms with Crippen LogP contribution in [-0.2, 0) is 17.8 Å². The Balaban J connectivity index is 1.67. The number of aliphatic hydroxyl groups is 1. The summed E-state index contributed by atoms with van der Waals surface area (Å²) < 4.78 is 5.17. The van der Waals surface area contributed by atoms with Crippen molar-refractivity contribution in [2.45, 2.75) is 13.0 Å². The van der Waals surface area contributed by atoms with E-state index in [0.717, 1.165) is 26.9 Å². The number of amides is 1. The number of hydrogen-bond donors (Lipinski definition) is 2. The van der Waals surface area contributed by atoms with E-state index in [2.05, 4.69) is 9.69 Å². The van der Waals surface area contributed by atoms with Crippen LogP contribution in [0.3, 0.4) is 0 Å². The molecule has 1 aromatic heterocycles. The molecule has 0 aliphatic heterocycles. The minimum absolute atomic E-state index is 0.0152. The first kappa shape index (κ1) is 13.7. The summed E-state index contributed by atoms with van der Waals surface area (Å²) in [6.45, 7) is 0.0152. The number of rotatable bonds is 4. The van der Waals surface area contributed by atoms with E-state index >= 15 is 0 Å². The van der Waals surface area contributed by atoms with E-state index in [4.69, 9.17) is 5.11 Å². The molecule has 0 spiro atoms. The van der Waals surface area contributed by atoms with Crippen LogP contribution in [0, 0.1) is 0 Å². The number of nitrogens with one attached hydrogen (secondary N) is 1. The third kappa shape index (κ3) is 3.26. The molecule has 0 unspecified atom stereocenters. The van der Waals surface area contributed by atoms with E-state index in [1.807, 2.05) is 48.7 Å². The molecule has 0 radical (unpaired) electrons. The predicted octanol–water partition coefficient (Wildman–Crippen LogP) is 2.97. The van der Waals surface area contributed by atoms with Crippen molar-refractivity contribution in [3.8, 4) is 0 Å². The monoisotopic (exact) mass is 298 g/mol. The summed E-state index contributed by atoms with van der Waals surface area (Å²) in [5, 5.41) is 13.0. The van der Waals surface area contributed by atoms with Crippen LogP contribution in [-0.4, -0.2) is 15.4 Å². The second-order valence-corrected chi connectivity index (χ2v) is 5.61. The van der Waals surface area contributed by atoms with Crippen molar-refractivity contribution in [3.63, 3.8) is 0 Å². The van der Waals surface area contributed by atoms with Crippen molar-refractivity contribution >= 4 is 33.2 Å². The Morgan fingerprint density at radius 2 is 1.90 bits per heavy atom. The standard InChI is InChI=1S/C16H14N2O2S/c19-10-12-3-1-11(2-4-12)7-16(20)18-14-6-5-13-9-17-21-15(13)8-14/h1-6,8-9,19H,7,10H2,(H,18,20). The fraction of sp³-hybridized carbons (Fsp3) is 0.125. The van der Waals surface area contributed by atoms with Crippen molar-refractivity contribution in [2.75, 3.05) is 5.32 Å². The number of benzene rings is 2. The molecule has 2 aromatic carbocycles. The molecular weight excluding hydrogens is 284 g/mol. The minimum Gasteiger partial charge on any atom is -0.392 e. The Kier molecular flexibility index (Phi) is 3.94. The van der Waals surface area contributed by atoms with Gasteiger partial charge < -0.3 is 10.4 Å². The molecule has 2 N–H and O–H groups in total. The Labute approximate surface area is 126 Å². The number of carbonyl (C=O) groups is 1. The van der Waals surface area contributed by atoms with Crippen LogP contribution in [0.1, 0.15) is 11.1 Å². The number of carbonyl (C=O) groups excluding carboxylic acids is 1. The van der Waals surface area contributed by atoms with Crippen molar-refractivity contribution in [3.05, 3.63) is 59.8 Å². The van der Waals surface area contributed by atoms with Crippen LogP contribution < -0.4 is 5.32 Å². The summed E-state index contributed by atoms with van der Waals surface area (Å²) in [6, 6.07) is 13.1. The van der Waals surface area contributed by atoms with Gasteiger partial charge in [-0.15, -0.1) is 0 Å². The molecule has 1 heterocycles. The third-order valence-electron chi connectivity index (χ3n) is 3.21. The molecule has 0 aliphatic carbocycles. The van der Waals surface area contributed by atoms with Crippen molar-refractivity contribution in [1.29, 1.82) is 0 Å². The van der Waals surface area contributed by atoms with E-state index in [9.17, 15) is 4.79 Å². The summed E-state index contributed by atoms with van der Waals surface area (Å²) in [5.41, 5.74) is 2.54. The summed E-state index contributed by atoms with van der Waals surface area (Å²) in [5.74, 6) is -0.0596. The van der Waals surface area contributed by atoms with Crippen molar-refractivity contribution in [2.24, 2.45) is 0 Å². The number of fused-ring (bicyclic) bond motifs is 1. The summed E-state index contributed by atoms with van der Waals surface area (Å²) in [4.78, 5) is 12.0.